The van der Waals surface area contributed by atoms with Crippen molar-refractivity contribution >= 4 is 40.5 Å². The number of hydrogen-bond donors (Lipinski definition) is 2. The van der Waals surface area contributed by atoms with Crippen LogP contribution in [-0.4, -0.2) is 65.2 Å². The van der Waals surface area contributed by atoms with E-state index in [-0.39, 0.29) is 12.8 Å². The molecule has 24 heavy (non-hydrogen) atoms. The Labute approximate surface area is 140 Å². The van der Waals surface area contributed by atoms with Crippen molar-refractivity contribution in [2.75, 3.05) is 13.2 Å². The molecule has 0 aliphatic carbocycles. The molecular formula is C8H18O12S4. The minimum atomic E-state index is -4.85. The normalized spacial score (nSPS) is 16.7. The Kier molecular flexibility index (Phi) is 8.22. The summed E-state index contributed by atoms with van der Waals surface area (Å²) in [6, 6.07) is 0. The summed E-state index contributed by atoms with van der Waals surface area (Å²) in [5, 5.41) is 0. The monoisotopic (exact) mass is 434 g/mol. The third-order valence-corrected chi connectivity index (χ3v) is 9.85. The van der Waals surface area contributed by atoms with Crippen molar-refractivity contribution in [1.82, 2.24) is 0 Å². The Hall–Kier alpha value is -0.360. The second kappa shape index (κ2) is 8.35. The Bertz CT molecular complexity index is 747. The molecule has 2 atom stereocenters. The minimum Gasteiger partial charge on any atom is -0.284 e. The van der Waals surface area contributed by atoms with Crippen LogP contribution in [-0.2, 0) is 48.8 Å². The molecular weight excluding hydrogens is 416 g/mol. The summed E-state index contributed by atoms with van der Waals surface area (Å²) >= 11 is 0. The minimum absolute atomic E-state index is 0.0762. The van der Waals surface area contributed by atoms with E-state index < -0.39 is 62.9 Å². The molecule has 12 nitrogen and oxygen atoms in total. The Morgan fingerprint density at radius 3 is 1.12 bits per heavy atom. The SMILES string of the molecule is CC(S(=O)(=O)O)S(=O)(=O)OCCCCOS(=O)(=O)C(C)S(=O)(=O)O. The molecule has 0 saturated heterocycles. The van der Waals surface area contributed by atoms with Gasteiger partial charge in [-0.1, -0.05) is 0 Å². The summed E-state index contributed by atoms with van der Waals surface area (Å²) in [6.07, 6.45) is -0.152. The van der Waals surface area contributed by atoms with Gasteiger partial charge < -0.3 is 0 Å². The van der Waals surface area contributed by atoms with Crippen LogP contribution in [0.5, 0.6) is 0 Å². The summed E-state index contributed by atoms with van der Waals surface area (Å²) in [6.45, 7) is 0.382. The van der Waals surface area contributed by atoms with Crippen LogP contribution < -0.4 is 0 Å². The van der Waals surface area contributed by atoms with Crippen molar-refractivity contribution in [1.29, 1.82) is 0 Å². The van der Waals surface area contributed by atoms with E-state index in [0.717, 1.165) is 0 Å². The zero-order valence-corrected chi connectivity index (χ0v) is 15.9. The lowest BCUT2D eigenvalue weighted by Crippen LogP contribution is -2.29. The van der Waals surface area contributed by atoms with Crippen LogP contribution in [0.25, 0.3) is 0 Å². The van der Waals surface area contributed by atoms with E-state index in [1.54, 1.807) is 0 Å². The van der Waals surface area contributed by atoms with Gasteiger partial charge in [0.25, 0.3) is 40.5 Å². The summed E-state index contributed by atoms with van der Waals surface area (Å²) < 4.78 is 110. The molecule has 0 bridgehead atoms. The lowest BCUT2D eigenvalue weighted by molar-refractivity contribution is 0.269. The summed E-state index contributed by atoms with van der Waals surface area (Å²) in [4.78, 5) is 0. The molecule has 2 N–H and O–H groups in total. The maximum absolute atomic E-state index is 11.4. The molecule has 0 aromatic carbocycles. The molecule has 0 aliphatic rings. The van der Waals surface area contributed by atoms with Crippen molar-refractivity contribution in [3.05, 3.63) is 0 Å². The van der Waals surface area contributed by atoms with E-state index in [2.05, 4.69) is 8.37 Å². The first kappa shape index (κ1) is 23.6. The zero-order valence-electron chi connectivity index (χ0n) is 12.6. The second-order valence-electron chi connectivity index (χ2n) is 4.50. The molecule has 0 amide bonds. The highest BCUT2D eigenvalue weighted by molar-refractivity contribution is 8.04. The fourth-order valence-electron chi connectivity index (χ4n) is 1.04. The molecule has 0 aromatic heterocycles. The number of hydrogen-bond acceptors (Lipinski definition) is 10. The van der Waals surface area contributed by atoms with Crippen molar-refractivity contribution in [3.8, 4) is 0 Å². The predicted molar refractivity (Wildman–Crippen MR) is 81.0 cm³/mol. The van der Waals surface area contributed by atoms with E-state index in [0.29, 0.717) is 13.8 Å². The van der Waals surface area contributed by atoms with Gasteiger partial charge in [0.15, 0.2) is 0 Å². The van der Waals surface area contributed by atoms with Gasteiger partial charge in [-0.05, 0) is 26.7 Å². The van der Waals surface area contributed by atoms with Gasteiger partial charge in [-0.3, -0.25) is 17.5 Å². The molecule has 0 saturated carbocycles. The quantitative estimate of drug-likeness (QED) is 0.227. The predicted octanol–water partition coefficient (Wildman–Crippen LogP) is -1.07. The van der Waals surface area contributed by atoms with Crippen molar-refractivity contribution in [2.24, 2.45) is 0 Å². The fourth-order valence-corrected chi connectivity index (χ4v) is 4.84. The molecule has 0 heterocycles. The highest BCUT2D eigenvalue weighted by Crippen LogP contribution is 2.12. The van der Waals surface area contributed by atoms with Crippen LogP contribution in [0.4, 0.5) is 0 Å². The van der Waals surface area contributed by atoms with Crippen LogP contribution in [0.15, 0.2) is 0 Å². The molecule has 146 valence electrons. The second-order valence-corrected chi connectivity index (χ2v) is 12.4. The molecule has 0 aliphatic heterocycles. The Morgan fingerprint density at radius 1 is 0.667 bits per heavy atom. The van der Waals surface area contributed by atoms with Crippen LogP contribution >= 0.6 is 0 Å². The largest absolute Gasteiger partial charge is 0.287 e. The van der Waals surface area contributed by atoms with Crippen molar-refractivity contribution < 1.29 is 51.1 Å². The average molecular weight is 434 g/mol. The first-order valence-electron chi connectivity index (χ1n) is 6.21. The summed E-state index contributed by atoms with van der Waals surface area (Å²) in [7, 11) is -18.8. The fraction of sp³-hybridized carbons (Fsp3) is 1.00. The summed E-state index contributed by atoms with van der Waals surface area (Å²) in [5.74, 6) is 0. The molecule has 0 radical (unpaired) electrons. The van der Waals surface area contributed by atoms with Crippen molar-refractivity contribution in [3.63, 3.8) is 0 Å². The van der Waals surface area contributed by atoms with Gasteiger partial charge in [-0.2, -0.15) is 33.7 Å². The van der Waals surface area contributed by atoms with E-state index in [4.69, 9.17) is 9.11 Å². The Morgan fingerprint density at radius 2 is 0.917 bits per heavy atom. The van der Waals surface area contributed by atoms with Gasteiger partial charge in [0, 0.05) is 0 Å². The maximum Gasteiger partial charge on any atom is 0.287 e. The lowest BCUT2D eigenvalue weighted by atomic mass is 10.3. The maximum atomic E-state index is 11.4. The molecule has 2 unspecified atom stereocenters. The zero-order chi connectivity index (χ0) is 19.4. The molecule has 0 rings (SSSR count). The van der Waals surface area contributed by atoms with Gasteiger partial charge in [-0.25, -0.2) is 0 Å². The third-order valence-electron chi connectivity index (χ3n) is 2.69. The molecule has 0 fully saturated rings. The van der Waals surface area contributed by atoms with Crippen LogP contribution in [0.1, 0.15) is 26.7 Å². The van der Waals surface area contributed by atoms with E-state index in [1.165, 1.54) is 0 Å². The lowest BCUT2D eigenvalue weighted by Gasteiger charge is -2.11. The van der Waals surface area contributed by atoms with Gasteiger partial charge >= 0.3 is 0 Å². The Balaban J connectivity index is 4.35. The number of unbranched alkanes of at least 4 members (excludes halogenated alkanes) is 1. The topological polar surface area (TPSA) is 195 Å². The first-order valence-corrected chi connectivity index (χ1v) is 12.2. The van der Waals surface area contributed by atoms with Crippen molar-refractivity contribution in [2.45, 2.75) is 35.9 Å². The van der Waals surface area contributed by atoms with Gasteiger partial charge in [0.05, 0.1) is 13.2 Å². The first-order chi connectivity index (χ1) is 10.5. The van der Waals surface area contributed by atoms with Gasteiger partial charge in [0.2, 0.25) is 9.16 Å². The van der Waals surface area contributed by atoms with E-state index >= 15 is 0 Å². The summed E-state index contributed by atoms with van der Waals surface area (Å²) in [5.41, 5.74) is 0. The highest BCUT2D eigenvalue weighted by Gasteiger charge is 2.34. The van der Waals surface area contributed by atoms with E-state index in [9.17, 15) is 33.7 Å². The van der Waals surface area contributed by atoms with Crippen LogP contribution in [0, 0.1) is 0 Å². The molecule has 0 spiro atoms. The van der Waals surface area contributed by atoms with Gasteiger partial charge in [-0.15, -0.1) is 0 Å². The highest BCUT2D eigenvalue weighted by atomic mass is 32.3. The van der Waals surface area contributed by atoms with Gasteiger partial charge in [0.1, 0.15) is 0 Å². The smallest absolute Gasteiger partial charge is 0.284 e. The third kappa shape index (κ3) is 7.68. The van der Waals surface area contributed by atoms with E-state index in [1.807, 2.05) is 0 Å². The van der Waals surface area contributed by atoms with Crippen LogP contribution in [0.3, 0.4) is 0 Å². The standard InChI is InChI=1S/C8H18O12S4/c1-7(21(9,10)11)23(15,16)19-5-3-4-6-20-24(17,18)8(2)22(12,13)14/h7-8H,3-6H2,1-2H3,(H,9,10,11)(H,12,13,14). The average Bonchev–Trinajstić information content (AvgIpc) is 2.38. The molecule has 16 heteroatoms. The number of rotatable bonds is 11. The van der Waals surface area contributed by atoms with Crippen LogP contribution in [0.2, 0.25) is 0 Å². The molecule has 0 aromatic rings.